The summed E-state index contributed by atoms with van der Waals surface area (Å²) in [5, 5.41) is 5.94. The maximum absolute atomic E-state index is 12.3. The van der Waals surface area contributed by atoms with Crippen LogP contribution in [-0.4, -0.2) is 29.9 Å². The average Bonchev–Trinajstić information content (AvgIpc) is 2.48. The Morgan fingerprint density at radius 2 is 1.91 bits per heavy atom. The molecule has 0 aliphatic rings. The van der Waals surface area contributed by atoms with Gasteiger partial charge in [0.05, 0.1) is 15.7 Å². The Kier molecular flexibility index (Phi) is 7.85. The highest BCUT2D eigenvalue weighted by molar-refractivity contribution is 7.98. The molecule has 0 spiro atoms. The van der Waals surface area contributed by atoms with Gasteiger partial charge in [-0.1, -0.05) is 30.1 Å². The van der Waals surface area contributed by atoms with Crippen LogP contribution in [0.3, 0.4) is 0 Å². The van der Waals surface area contributed by atoms with Crippen molar-refractivity contribution in [1.82, 2.24) is 5.32 Å². The highest BCUT2D eigenvalue weighted by Crippen LogP contribution is 2.31. The summed E-state index contributed by atoms with van der Waals surface area (Å²) in [5.74, 6) is 0.271. The van der Waals surface area contributed by atoms with Crippen LogP contribution in [0.4, 0.5) is 11.4 Å². The lowest BCUT2D eigenvalue weighted by Gasteiger charge is -2.18. The molecule has 8 heteroatoms. The number of nitrogen functional groups attached to an aromatic ring is 1. The molecule has 22 heavy (non-hydrogen) atoms. The summed E-state index contributed by atoms with van der Waals surface area (Å²) in [7, 11) is 0. The van der Waals surface area contributed by atoms with Crippen LogP contribution >= 0.6 is 35.0 Å². The smallest absolute Gasteiger partial charge is 0.246 e. The summed E-state index contributed by atoms with van der Waals surface area (Å²) < 4.78 is 0. The molecule has 0 aromatic heterocycles. The SMILES string of the molecule is CCC(=O)NC(CCSC)C(=O)Nc1cc(Cl)c(N)c(Cl)c1. The first kappa shape index (κ1) is 18.9. The summed E-state index contributed by atoms with van der Waals surface area (Å²) >= 11 is 13.5. The minimum absolute atomic E-state index is 0.172. The molecular weight excluding hydrogens is 345 g/mol. The third-order valence-electron chi connectivity index (χ3n) is 2.93. The summed E-state index contributed by atoms with van der Waals surface area (Å²) in [6.07, 6.45) is 2.80. The van der Waals surface area contributed by atoms with E-state index >= 15 is 0 Å². The normalized spacial score (nSPS) is 11.8. The van der Waals surface area contributed by atoms with Crippen LogP contribution in [0.25, 0.3) is 0 Å². The molecule has 0 fully saturated rings. The zero-order valence-corrected chi connectivity index (χ0v) is 14.7. The summed E-state index contributed by atoms with van der Waals surface area (Å²) in [6.45, 7) is 1.73. The third kappa shape index (κ3) is 5.59. The Labute approximate surface area is 144 Å². The van der Waals surface area contributed by atoms with Crippen LogP contribution in [0.1, 0.15) is 19.8 Å². The van der Waals surface area contributed by atoms with Crippen LogP contribution in [-0.2, 0) is 9.59 Å². The fourth-order valence-corrected chi connectivity index (χ4v) is 2.65. The Balaban J connectivity index is 2.83. The van der Waals surface area contributed by atoms with Gasteiger partial charge in [-0.3, -0.25) is 9.59 Å². The number of halogens is 2. The topological polar surface area (TPSA) is 84.2 Å². The second-order valence-electron chi connectivity index (χ2n) is 4.60. The molecule has 1 aromatic carbocycles. The molecule has 0 aliphatic heterocycles. The highest BCUT2D eigenvalue weighted by Gasteiger charge is 2.20. The molecule has 5 nitrogen and oxygen atoms in total. The van der Waals surface area contributed by atoms with Gasteiger partial charge in [0.2, 0.25) is 11.8 Å². The summed E-state index contributed by atoms with van der Waals surface area (Å²) in [4.78, 5) is 23.9. The van der Waals surface area contributed by atoms with Gasteiger partial charge in [-0.2, -0.15) is 11.8 Å². The maximum atomic E-state index is 12.3. The number of carbonyl (C=O) groups excluding carboxylic acids is 2. The van der Waals surface area contributed by atoms with Crippen molar-refractivity contribution in [2.24, 2.45) is 0 Å². The standard InChI is InChI=1S/C14H19Cl2N3O2S/c1-3-12(20)19-11(4-5-22-2)14(21)18-8-6-9(15)13(17)10(16)7-8/h6-7,11H,3-5,17H2,1-2H3,(H,18,21)(H,19,20). The van der Waals surface area contributed by atoms with E-state index in [1.165, 1.54) is 12.1 Å². The van der Waals surface area contributed by atoms with E-state index in [4.69, 9.17) is 28.9 Å². The number of hydrogen-bond donors (Lipinski definition) is 3. The van der Waals surface area contributed by atoms with Gasteiger partial charge in [-0.05, 0) is 30.6 Å². The quantitative estimate of drug-likeness (QED) is 0.649. The van der Waals surface area contributed by atoms with Crippen molar-refractivity contribution in [3.05, 3.63) is 22.2 Å². The lowest BCUT2D eigenvalue weighted by molar-refractivity contribution is -0.126. The first-order valence-electron chi connectivity index (χ1n) is 6.72. The third-order valence-corrected chi connectivity index (χ3v) is 4.20. The second kappa shape index (κ2) is 9.12. The van der Waals surface area contributed by atoms with E-state index in [0.717, 1.165) is 5.75 Å². The number of carbonyl (C=O) groups is 2. The molecule has 1 atom stereocenters. The number of benzene rings is 1. The Hall–Kier alpha value is -1.11. The largest absolute Gasteiger partial charge is 0.396 e. The van der Waals surface area contributed by atoms with Crippen molar-refractivity contribution in [3.8, 4) is 0 Å². The fourth-order valence-electron chi connectivity index (χ4n) is 1.69. The van der Waals surface area contributed by atoms with E-state index in [2.05, 4.69) is 10.6 Å². The Bertz CT molecular complexity index is 532. The molecule has 0 radical (unpaired) electrons. The van der Waals surface area contributed by atoms with Gasteiger partial charge in [0.25, 0.3) is 0 Å². The van der Waals surface area contributed by atoms with Crippen LogP contribution in [0.15, 0.2) is 12.1 Å². The van der Waals surface area contributed by atoms with Crippen molar-refractivity contribution < 1.29 is 9.59 Å². The molecule has 0 heterocycles. The molecule has 1 aromatic rings. The second-order valence-corrected chi connectivity index (χ2v) is 6.40. The summed E-state index contributed by atoms with van der Waals surface area (Å²) in [5.41, 5.74) is 6.36. The highest BCUT2D eigenvalue weighted by atomic mass is 35.5. The average molecular weight is 364 g/mol. The number of nitrogens with two attached hydrogens (primary N) is 1. The van der Waals surface area contributed by atoms with Crippen molar-refractivity contribution in [1.29, 1.82) is 0 Å². The molecule has 1 unspecified atom stereocenters. The van der Waals surface area contributed by atoms with Gasteiger partial charge in [0.15, 0.2) is 0 Å². The molecule has 0 saturated carbocycles. The van der Waals surface area contributed by atoms with Crippen LogP contribution in [0.2, 0.25) is 10.0 Å². The first-order valence-corrected chi connectivity index (χ1v) is 8.87. The van der Waals surface area contributed by atoms with Crippen LogP contribution < -0.4 is 16.4 Å². The van der Waals surface area contributed by atoms with E-state index in [-0.39, 0.29) is 27.5 Å². The van der Waals surface area contributed by atoms with E-state index in [1.807, 2.05) is 6.26 Å². The van der Waals surface area contributed by atoms with E-state index in [9.17, 15) is 9.59 Å². The van der Waals surface area contributed by atoms with Crippen LogP contribution in [0.5, 0.6) is 0 Å². The molecule has 2 amide bonds. The number of anilines is 2. The van der Waals surface area contributed by atoms with Gasteiger partial charge in [-0.25, -0.2) is 0 Å². The number of rotatable bonds is 7. The van der Waals surface area contributed by atoms with Crippen molar-refractivity contribution in [2.75, 3.05) is 23.1 Å². The van der Waals surface area contributed by atoms with Crippen molar-refractivity contribution in [2.45, 2.75) is 25.8 Å². The van der Waals surface area contributed by atoms with Crippen LogP contribution in [0, 0.1) is 0 Å². The predicted octanol–water partition coefficient (Wildman–Crippen LogP) is 3.16. The minimum Gasteiger partial charge on any atom is -0.396 e. The maximum Gasteiger partial charge on any atom is 0.246 e. The number of amides is 2. The zero-order chi connectivity index (χ0) is 16.7. The predicted molar refractivity (Wildman–Crippen MR) is 94.7 cm³/mol. The van der Waals surface area contributed by atoms with E-state index in [1.54, 1.807) is 18.7 Å². The van der Waals surface area contributed by atoms with Gasteiger partial charge in [0, 0.05) is 12.1 Å². The van der Waals surface area contributed by atoms with Gasteiger partial charge in [-0.15, -0.1) is 0 Å². The molecule has 122 valence electrons. The van der Waals surface area contributed by atoms with E-state index < -0.39 is 6.04 Å². The number of thioether (sulfide) groups is 1. The molecule has 4 N–H and O–H groups in total. The van der Waals surface area contributed by atoms with E-state index in [0.29, 0.717) is 18.5 Å². The monoisotopic (exact) mass is 363 g/mol. The van der Waals surface area contributed by atoms with Crippen molar-refractivity contribution >= 4 is 58.2 Å². The molecular formula is C14H19Cl2N3O2S. The number of nitrogens with one attached hydrogen (secondary N) is 2. The Morgan fingerprint density at radius 3 is 2.41 bits per heavy atom. The summed E-state index contributed by atoms with van der Waals surface area (Å²) in [6, 6.07) is 2.44. The Morgan fingerprint density at radius 1 is 1.32 bits per heavy atom. The molecule has 0 aliphatic carbocycles. The number of hydrogen-bond acceptors (Lipinski definition) is 4. The fraction of sp³-hybridized carbons (Fsp3) is 0.429. The first-order chi connectivity index (χ1) is 10.4. The van der Waals surface area contributed by atoms with Gasteiger partial charge < -0.3 is 16.4 Å². The lowest BCUT2D eigenvalue weighted by atomic mass is 10.2. The van der Waals surface area contributed by atoms with Crippen molar-refractivity contribution in [3.63, 3.8) is 0 Å². The zero-order valence-electron chi connectivity index (χ0n) is 12.4. The van der Waals surface area contributed by atoms with Gasteiger partial charge >= 0.3 is 0 Å². The molecule has 0 saturated heterocycles. The minimum atomic E-state index is -0.602. The molecule has 0 bridgehead atoms. The lowest BCUT2D eigenvalue weighted by Crippen LogP contribution is -2.44. The van der Waals surface area contributed by atoms with Gasteiger partial charge in [0.1, 0.15) is 6.04 Å². The molecule has 1 rings (SSSR count).